The molecule has 1 unspecified atom stereocenters. The topological polar surface area (TPSA) is 78.4 Å². The summed E-state index contributed by atoms with van der Waals surface area (Å²) >= 11 is 0. The van der Waals surface area contributed by atoms with Gasteiger partial charge in [0.1, 0.15) is 0 Å². The molecule has 0 aromatic heterocycles. The summed E-state index contributed by atoms with van der Waals surface area (Å²) in [5.41, 5.74) is 1.05. The fourth-order valence-corrected chi connectivity index (χ4v) is 1.70. The smallest absolute Gasteiger partial charge is 0.264 e. The Morgan fingerprint density at radius 3 is 2.50 bits per heavy atom. The number of hydrogen-bond donors (Lipinski definition) is 3. The third-order valence-corrected chi connectivity index (χ3v) is 2.83. The zero-order chi connectivity index (χ0) is 12.6. The number of rotatable bonds is 9. The molecule has 0 aliphatic carbocycles. The molecule has 0 aliphatic heterocycles. The maximum atomic E-state index is 10.5. The van der Waals surface area contributed by atoms with E-state index in [1.165, 1.54) is 0 Å². The van der Waals surface area contributed by atoms with Gasteiger partial charge in [-0.2, -0.15) is 8.42 Å². The SMILES string of the molecule is C=C(C)CNC(CC)NCCCS(=O)(=O)O. The van der Waals surface area contributed by atoms with E-state index in [0.29, 0.717) is 13.0 Å². The van der Waals surface area contributed by atoms with Gasteiger partial charge >= 0.3 is 0 Å². The third kappa shape index (κ3) is 10.1. The van der Waals surface area contributed by atoms with Crippen LogP contribution in [0.3, 0.4) is 0 Å². The van der Waals surface area contributed by atoms with Gasteiger partial charge in [-0.15, -0.1) is 0 Å². The molecule has 0 saturated carbocycles. The van der Waals surface area contributed by atoms with Crippen molar-refractivity contribution in [2.45, 2.75) is 32.9 Å². The fourth-order valence-electron chi connectivity index (χ4n) is 1.19. The van der Waals surface area contributed by atoms with Crippen molar-refractivity contribution < 1.29 is 13.0 Å². The van der Waals surface area contributed by atoms with Crippen LogP contribution in [0, 0.1) is 0 Å². The molecule has 0 saturated heterocycles. The summed E-state index contributed by atoms with van der Waals surface area (Å²) in [6.45, 7) is 9.06. The van der Waals surface area contributed by atoms with E-state index in [1.54, 1.807) is 0 Å². The Bertz CT molecular complexity index is 301. The molecule has 3 N–H and O–H groups in total. The van der Waals surface area contributed by atoms with Crippen molar-refractivity contribution in [1.82, 2.24) is 10.6 Å². The highest BCUT2D eigenvalue weighted by atomic mass is 32.2. The van der Waals surface area contributed by atoms with Gasteiger partial charge in [0.15, 0.2) is 0 Å². The first kappa shape index (κ1) is 15.6. The molecule has 6 heteroatoms. The highest BCUT2D eigenvalue weighted by Crippen LogP contribution is 1.91. The molecule has 0 heterocycles. The Kier molecular flexibility index (Phi) is 7.57. The van der Waals surface area contributed by atoms with Crippen LogP contribution in [0.15, 0.2) is 12.2 Å². The Balaban J connectivity index is 3.67. The van der Waals surface area contributed by atoms with E-state index >= 15 is 0 Å². The summed E-state index contributed by atoms with van der Waals surface area (Å²) in [6, 6.07) is 0. The predicted molar refractivity (Wildman–Crippen MR) is 65.9 cm³/mol. The second-order valence-corrected chi connectivity index (χ2v) is 5.46. The molecule has 0 aliphatic rings. The Labute approximate surface area is 98.1 Å². The minimum Gasteiger partial charge on any atom is -0.302 e. The quantitative estimate of drug-likeness (QED) is 0.244. The zero-order valence-corrected chi connectivity index (χ0v) is 10.8. The van der Waals surface area contributed by atoms with Crippen LogP contribution in [0.2, 0.25) is 0 Å². The predicted octanol–water partition coefficient (Wildman–Crippen LogP) is 0.756. The average molecular weight is 250 g/mol. The monoisotopic (exact) mass is 250 g/mol. The van der Waals surface area contributed by atoms with Crippen molar-refractivity contribution in [2.24, 2.45) is 0 Å². The Morgan fingerprint density at radius 1 is 1.44 bits per heavy atom. The maximum Gasteiger partial charge on any atom is 0.264 e. The van der Waals surface area contributed by atoms with Crippen LogP contribution in [0.25, 0.3) is 0 Å². The van der Waals surface area contributed by atoms with E-state index in [2.05, 4.69) is 17.2 Å². The molecule has 1 atom stereocenters. The Hall–Kier alpha value is -0.430. The van der Waals surface area contributed by atoms with Crippen molar-refractivity contribution >= 4 is 10.1 Å². The largest absolute Gasteiger partial charge is 0.302 e. The number of hydrogen-bond acceptors (Lipinski definition) is 4. The van der Waals surface area contributed by atoms with Crippen LogP contribution in [-0.2, 0) is 10.1 Å². The van der Waals surface area contributed by atoms with Gasteiger partial charge in [0.2, 0.25) is 0 Å². The molecule has 0 radical (unpaired) electrons. The van der Waals surface area contributed by atoms with Crippen molar-refractivity contribution in [1.29, 1.82) is 0 Å². The van der Waals surface area contributed by atoms with Gasteiger partial charge in [-0.05, 0) is 26.3 Å². The lowest BCUT2D eigenvalue weighted by Gasteiger charge is -2.18. The minimum atomic E-state index is -3.83. The van der Waals surface area contributed by atoms with Gasteiger partial charge in [0.05, 0.1) is 11.9 Å². The average Bonchev–Trinajstić information content (AvgIpc) is 2.15. The van der Waals surface area contributed by atoms with Crippen LogP contribution in [0.4, 0.5) is 0 Å². The highest BCUT2D eigenvalue weighted by Gasteiger charge is 2.06. The fraction of sp³-hybridized carbons (Fsp3) is 0.800. The van der Waals surface area contributed by atoms with Crippen LogP contribution >= 0.6 is 0 Å². The first-order chi connectivity index (χ1) is 7.35. The standard InChI is InChI=1S/C10H22N2O3S/c1-4-10(12-8-9(2)3)11-6-5-7-16(13,14)15/h10-12H,2,4-8H2,1,3H3,(H,13,14,15). The lowest BCUT2D eigenvalue weighted by molar-refractivity contribution is 0.424. The third-order valence-electron chi connectivity index (χ3n) is 2.03. The summed E-state index contributed by atoms with van der Waals surface area (Å²) in [5.74, 6) is -0.197. The Morgan fingerprint density at radius 2 is 2.06 bits per heavy atom. The van der Waals surface area contributed by atoms with Gasteiger partial charge in [-0.1, -0.05) is 19.1 Å². The van der Waals surface area contributed by atoms with Crippen LogP contribution in [0.5, 0.6) is 0 Å². The lowest BCUT2D eigenvalue weighted by atomic mass is 10.3. The molecule has 0 aromatic rings. The van der Waals surface area contributed by atoms with Crippen LogP contribution in [-0.4, -0.2) is 38.0 Å². The molecular weight excluding hydrogens is 228 g/mol. The van der Waals surface area contributed by atoms with E-state index in [1.807, 2.05) is 13.8 Å². The van der Waals surface area contributed by atoms with Gasteiger partial charge < -0.3 is 5.32 Å². The zero-order valence-electron chi connectivity index (χ0n) is 9.99. The maximum absolute atomic E-state index is 10.5. The molecule has 0 aromatic carbocycles. The lowest BCUT2D eigenvalue weighted by Crippen LogP contribution is -2.43. The summed E-state index contributed by atoms with van der Waals surface area (Å²) in [4.78, 5) is 0. The molecular formula is C10H22N2O3S. The van der Waals surface area contributed by atoms with Gasteiger partial charge in [0, 0.05) is 6.54 Å². The summed E-state index contributed by atoms with van der Waals surface area (Å²) < 4.78 is 29.5. The molecule has 0 bridgehead atoms. The van der Waals surface area contributed by atoms with Crippen molar-refractivity contribution in [2.75, 3.05) is 18.8 Å². The van der Waals surface area contributed by atoms with Gasteiger partial charge in [-0.25, -0.2) is 0 Å². The second-order valence-electron chi connectivity index (χ2n) is 3.89. The molecule has 0 fully saturated rings. The summed E-state index contributed by atoms with van der Waals surface area (Å²) in [5, 5.41) is 6.41. The van der Waals surface area contributed by atoms with Crippen LogP contribution in [0.1, 0.15) is 26.7 Å². The molecule has 0 amide bonds. The molecule has 5 nitrogen and oxygen atoms in total. The summed E-state index contributed by atoms with van der Waals surface area (Å²) in [6.07, 6.45) is 1.46. The van der Waals surface area contributed by atoms with Crippen molar-refractivity contribution in [3.8, 4) is 0 Å². The minimum absolute atomic E-state index is 0.151. The molecule has 0 spiro atoms. The molecule has 0 rings (SSSR count). The van der Waals surface area contributed by atoms with Gasteiger partial charge in [-0.3, -0.25) is 9.87 Å². The van der Waals surface area contributed by atoms with E-state index in [0.717, 1.165) is 18.5 Å². The van der Waals surface area contributed by atoms with E-state index in [9.17, 15) is 8.42 Å². The van der Waals surface area contributed by atoms with Crippen molar-refractivity contribution in [3.05, 3.63) is 12.2 Å². The normalized spacial score (nSPS) is 13.7. The first-order valence-electron chi connectivity index (χ1n) is 5.41. The van der Waals surface area contributed by atoms with Gasteiger partial charge in [0.25, 0.3) is 10.1 Å². The second kappa shape index (κ2) is 7.78. The number of nitrogens with one attached hydrogen (secondary N) is 2. The molecule has 96 valence electrons. The van der Waals surface area contributed by atoms with E-state index in [4.69, 9.17) is 4.55 Å². The van der Waals surface area contributed by atoms with Crippen LogP contribution < -0.4 is 10.6 Å². The highest BCUT2D eigenvalue weighted by molar-refractivity contribution is 7.85. The van der Waals surface area contributed by atoms with E-state index < -0.39 is 10.1 Å². The van der Waals surface area contributed by atoms with Crippen molar-refractivity contribution in [3.63, 3.8) is 0 Å². The first-order valence-corrected chi connectivity index (χ1v) is 7.02. The molecule has 16 heavy (non-hydrogen) atoms. The summed E-state index contributed by atoms with van der Waals surface area (Å²) in [7, 11) is -3.83. The van der Waals surface area contributed by atoms with E-state index in [-0.39, 0.29) is 11.9 Å².